The lowest BCUT2D eigenvalue weighted by atomic mass is 10.1. The summed E-state index contributed by atoms with van der Waals surface area (Å²) in [5.74, 6) is 0.957. The van der Waals surface area contributed by atoms with Crippen molar-refractivity contribution in [2.45, 2.75) is 46.4 Å². The first-order chi connectivity index (χ1) is 8.43. The third-order valence-corrected chi connectivity index (χ3v) is 3.11. The van der Waals surface area contributed by atoms with Crippen LogP contribution in [0.15, 0.2) is 29.3 Å². The van der Waals surface area contributed by atoms with E-state index in [1.54, 1.807) is 6.08 Å². The van der Waals surface area contributed by atoms with E-state index in [0.717, 1.165) is 22.3 Å². The van der Waals surface area contributed by atoms with Crippen LogP contribution in [0.5, 0.6) is 5.75 Å². The average Bonchev–Trinajstić information content (AvgIpc) is 2.29. The van der Waals surface area contributed by atoms with Crippen LogP contribution in [-0.2, 0) is 6.54 Å². The van der Waals surface area contributed by atoms with Crippen LogP contribution in [0.2, 0.25) is 0 Å². The van der Waals surface area contributed by atoms with Crippen LogP contribution in [-0.4, -0.2) is 12.1 Å². The largest absolute Gasteiger partial charge is 0.486 e. The molecule has 0 bridgehead atoms. The Kier molecular flexibility index (Phi) is 5.89. The standard InChI is InChI=1S/C15H22BrNO/c1-6-12(5)18-15-11(4)7-14(16)8-13(15)9-17-10(2)3/h6-8,10,12,17H,1,9H2,2-5H3. The van der Waals surface area contributed by atoms with Crippen molar-refractivity contribution in [3.63, 3.8) is 0 Å². The molecule has 0 fully saturated rings. The second-order valence-corrected chi connectivity index (χ2v) is 5.72. The maximum Gasteiger partial charge on any atom is 0.127 e. The monoisotopic (exact) mass is 311 g/mol. The summed E-state index contributed by atoms with van der Waals surface area (Å²) in [7, 11) is 0. The van der Waals surface area contributed by atoms with Crippen molar-refractivity contribution in [2.75, 3.05) is 0 Å². The molecule has 2 nitrogen and oxygen atoms in total. The zero-order valence-electron chi connectivity index (χ0n) is 11.6. The molecule has 0 spiro atoms. The molecule has 1 unspecified atom stereocenters. The number of halogens is 1. The smallest absolute Gasteiger partial charge is 0.127 e. The second kappa shape index (κ2) is 6.95. The average molecular weight is 312 g/mol. The van der Waals surface area contributed by atoms with E-state index in [1.165, 1.54) is 5.56 Å². The van der Waals surface area contributed by atoms with Crippen LogP contribution in [0.4, 0.5) is 0 Å². The number of nitrogens with one attached hydrogen (secondary N) is 1. The maximum absolute atomic E-state index is 5.93. The van der Waals surface area contributed by atoms with Crippen molar-refractivity contribution in [2.24, 2.45) is 0 Å². The van der Waals surface area contributed by atoms with Gasteiger partial charge in [0.05, 0.1) is 0 Å². The molecule has 0 saturated carbocycles. The first kappa shape index (κ1) is 15.3. The maximum atomic E-state index is 5.93. The highest BCUT2D eigenvalue weighted by molar-refractivity contribution is 9.10. The van der Waals surface area contributed by atoms with Crippen molar-refractivity contribution in [3.8, 4) is 5.75 Å². The minimum atomic E-state index is 0.0164. The fourth-order valence-corrected chi connectivity index (χ4v) is 2.27. The van der Waals surface area contributed by atoms with Crippen LogP contribution in [0.25, 0.3) is 0 Å². The van der Waals surface area contributed by atoms with E-state index in [0.29, 0.717) is 6.04 Å². The fraction of sp³-hybridized carbons (Fsp3) is 0.467. The molecule has 0 heterocycles. The molecule has 18 heavy (non-hydrogen) atoms. The van der Waals surface area contributed by atoms with Crippen LogP contribution in [0.1, 0.15) is 31.9 Å². The first-order valence-electron chi connectivity index (χ1n) is 6.25. The van der Waals surface area contributed by atoms with Crippen molar-refractivity contribution in [3.05, 3.63) is 40.4 Å². The summed E-state index contributed by atoms with van der Waals surface area (Å²) in [6.07, 6.45) is 1.82. The summed E-state index contributed by atoms with van der Waals surface area (Å²) in [5, 5.41) is 3.42. The van der Waals surface area contributed by atoms with Crippen molar-refractivity contribution >= 4 is 15.9 Å². The van der Waals surface area contributed by atoms with Gasteiger partial charge in [0.1, 0.15) is 11.9 Å². The van der Waals surface area contributed by atoms with Gasteiger partial charge >= 0.3 is 0 Å². The molecule has 100 valence electrons. The van der Waals surface area contributed by atoms with Gasteiger partial charge in [-0.1, -0.05) is 42.4 Å². The van der Waals surface area contributed by atoms with Crippen LogP contribution in [0, 0.1) is 6.92 Å². The molecule has 0 radical (unpaired) electrons. The number of ether oxygens (including phenoxy) is 1. The molecule has 1 rings (SSSR count). The van der Waals surface area contributed by atoms with E-state index >= 15 is 0 Å². The molecule has 0 aliphatic carbocycles. The topological polar surface area (TPSA) is 21.3 Å². The Morgan fingerprint density at radius 1 is 1.39 bits per heavy atom. The lowest BCUT2D eigenvalue weighted by Crippen LogP contribution is -2.23. The molecule has 0 aliphatic rings. The van der Waals surface area contributed by atoms with Gasteiger partial charge in [0.15, 0.2) is 0 Å². The fourth-order valence-electron chi connectivity index (χ4n) is 1.65. The van der Waals surface area contributed by atoms with Crippen molar-refractivity contribution in [1.82, 2.24) is 5.32 Å². The Bertz CT molecular complexity index is 415. The Labute approximate surface area is 119 Å². The molecule has 0 saturated heterocycles. The molecule has 1 N–H and O–H groups in total. The molecule has 1 aromatic rings. The van der Waals surface area contributed by atoms with Gasteiger partial charge in [-0.05, 0) is 31.5 Å². The molecule has 0 amide bonds. The SMILES string of the molecule is C=CC(C)Oc1c(C)cc(Br)cc1CNC(C)C. The number of hydrogen-bond donors (Lipinski definition) is 1. The van der Waals surface area contributed by atoms with Gasteiger partial charge < -0.3 is 10.1 Å². The van der Waals surface area contributed by atoms with E-state index in [4.69, 9.17) is 4.74 Å². The van der Waals surface area contributed by atoms with E-state index in [9.17, 15) is 0 Å². The van der Waals surface area contributed by atoms with Gasteiger partial charge in [0.2, 0.25) is 0 Å². The molecule has 3 heteroatoms. The van der Waals surface area contributed by atoms with E-state index in [-0.39, 0.29) is 6.10 Å². The number of aryl methyl sites for hydroxylation is 1. The normalized spacial score (nSPS) is 12.6. The predicted octanol–water partition coefficient (Wildman–Crippen LogP) is 4.21. The third kappa shape index (κ3) is 4.46. The molecule has 1 aromatic carbocycles. The Hall–Kier alpha value is -0.800. The van der Waals surface area contributed by atoms with Gasteiger partial charge in [-0.25, -0.2) is 0 Å². The van der Waals surface area contributed by atoms with Crippen molar-refractivity contribution in [1.29, 1.82) is 0 Å². The lowest BCUT2D eigenvalue weighted by Gasteiger charge is -2.19. The summed E-state index contributed by atoms with van der Waals surface area (Å²) in [6.45, 7) is 12.9. The summed E-state index contributed by atoms with van der Waals surface area (Å²) < 4.78 is 7.02. The molecule has 1 atom stereocenters. The van der Waals surface area contributed by atoms with Crippen LogP contribution < -0.4 is 10.1 Å². The minimum absolute atomic E-state index is 0.0164. The quantitative estimate of drug-likeness (QED) is 0.795. The summed E-state index contributed by atoms with van der Waals surface area (Å²) in [5.41, 5.74) is 2.31. The highest BCUT2D eigenvalue weighted by atomic mass is 79.9. The van der Waals surface area contributed by atoms with Crippen LogP contribution in [0.3, 0.4) is 0 Å². The highest BCUT2D eigenvalue weighted by Crippen LogP contribution is 2.29. The molecule has 0 aromatic heterocycles. The summed E-state index contributed by atoms with van der Waals surface area (Å²) >= 11 is 3.53. The van der Waals surface area contributed by atoms with Gasteiger partial charge in [0.25, 0.3) is 0 Å². The third-order valence-electron chi connectivity index (χ3n) is 2.65. The van der Waals surface area contributed by atoms with E-state index < -0.39 is 0 Å². The Morgan fingerprint density at radius 2 is 2.06 bits per heavy atom. The summed E-state index contributed by atoms with van der Waals surface area (Å²) in [4.78, 5) is 0. The first-order valence-corrected chi connectivity index (χ1v) is 7.05. The van der Waals surface area contributed by atoms with Gasteiger partial charge in [0, 0.05) is 22.6 Å². The zero-order chi connectivity index (χ0) is 13.7. The number of benzene rings is 1. The van der Waals surface area contributed by atoms with Crippen LogP contribution >= 0.6 is 15.9 Å². The minimum Gasteiger partial charge on any atom is -0.486 e. The zero-order valence-corrected chi connectivity index (χ0v) is 13.2. The lowest BCUT2D eigenvalue weighted by molar-refractivity contribution is 0.264. The van der Waals surface area contributed by atoms with Gasteiger partial charge in [-0.15, -0.1) is 0 Å². The Morgan fingerprint density at radius 3 is 2.61 bits per heavy atom. The second-order valence-electron chi connectivity index (χ2n) is 4.81. The Balaban J connectivity index is 3.00. The molecule has 0 aliphatic heterocycles. The van der Waals surface area contributed by atoms with Gasteiger partial charge in [-0.3, -0.25) is 0 Å². The van der Waals surface area contributed by atoms with Crippen molar-refractivity contribution < 1.29 is 4.74 Å². The molecular weight excluding hydrogens is 290 g/mol. The number of hydrogen-bond acceptors (Lipinski definition) is 2. The molecular formula is C15H22BrNO. The number of rotatable bonds is 6. The van der Waals surface area contributed by atoms with E-state index in [2.05, 4.69) is 60.7 Å². The van der Waals surface area contributed by atoms with Gasteiger partial charge in [-0.2, -0.15) is 0 Å². The predicted molar refractivity (Wildman–Crippen MR) is 81.1 cm³/mol. The highest BCUT2D eigenvalue weighted by Gasteiger charge is 2.11. The summed E-state index contributed by atoms with van der Waals surface area (Å²) in [6, 6.07) is 4.63. The van der Waals surface area contributed by atoms with E-state index in [1.807, 2.05) is 6.92 Å².